The zero-order chi connectivity index (χ0) is 19.4. The fourth-order valence-corrected chi connectivity index (χ4v) is 2.43. The molecule has 2 aromatic carbocycles. The van der Waals surface area contributed by atoms with E-state index in [4.69, 9.17) is 16.1 Å². The number of halogens is 4. The number of anilines is 1. The van der Waals surface area contributed by atoms with Crippen molar-refractivity contribution < 1.29 is 22.5 Å². The van der Waals surface area contributed by atoms with Crippen LogP contribution in [-0.4, -0.2) is 16.0 Å². The summed E-state index contributed by atoms with van der Waals surface area (Å²) in [6.45, 7) is 0. The van der Waals surface area contributed by atoms with Crippen molar-refractivity contribution >= 4 is 23.2 Å². The summed E-state index contributed by atoms with van der Waals surface area (Å²) in [6, 6.07) is 8.61. The maximum atomic E-state index is 13.5. The SMILES string of the molecule is O=C(CCCc1nc(-c2ccc(Cl)cc2)no1)Nc1ccc(F)c(F)c1F. The molecule has 5 nitrogen and oxygen atoms in total. The quantitative estimate of drug-likeness (QED) is 0.610. The molecular weight excluding hydrogens is 383 g/mol. The number of benzene rings is 2. The Bertz CT molecular complexity index is 961. The maximum Gasteiger partial charge on any atom is 0.226 e. The van der Waals surface area contributed by atoms with Gasteiger partial charge in [0, 0.05) is 23.4 Å². The van der Waals surface area contributed by atoms with Crippen molar-refractivity contribution in [3.05, 3.63) is 64.8 Å². The predicted molar refractivity (Wildman–Crippen MR) is 92.6 cm³/mol. The molecule has 0 unspecified atom stereocenters. The summed E-state index contributed by atoms with van der Waals surface area (Å²) in [5.74, 6) is -4.20. The first-order chi connectivity index (χ1) is 12.9. The Hall–Kier alpha value is -2.87. The van der Waals surface area contributed by atoms with Crippen LogP contribution in [0.5, 0.6) is 0 Å². The van der Waals surface area contributed by atoms with Crippen LogP contribution < -0.4 is 5.32 Å². The normalized spacial score (nSPS) is 10.8. The molecule has 0 aliphatic carbocycles. The summed E-state index contributed by atoms with van der Waals surface area (Å²) in [4.78, 5) is 16.1. The number of carbonyl (C=O) groups excluding carboxylic acids is 1. The first kappa shape index (κ1) is 18.9. The first-order valence-corrected chi connectivity index (χ1v) is 8.33. The number of nitrogens with zero attached hydrogens (tertiary/aromatic N) is 2. The highest BCUT2D eigenvalue weighted by Gasteiger charge is 2.15. The second-order valence-corrected chi connectivity index (χ2v) is 6.08. The molecule has 0 aliphatic rings. The van der Waals surface area contributed by atoms with E-state index in [1.807, 2.05) is 0 Å². The summed E-state index contributed by atoms with van der Waals surface area (Å²) in [5.41, 5.74) is 0.322. The molecule has 27 heavy (non-hydrogen) atoms. The Morgan fingerprint density at radius 1 is 1.07 bits per heavy atom. The van der Waals surface area contributed by atoms with Crippen molar-refractivity contribution in [3.8, 4) is 11.4 Å². The molecule has 140 valence electrons. The lowest BCUT2D eigenvalue weighted by molar-refractivity contribution is -0.116. The molecule has 0 fully saturated rings. The van der Waals surface area contributed by atoms with E-state index >= 15 is 0 Å². The Balaban J connectivity index is 1.52. The van der Waals surface area contributed by atoms with Crippen LogP contribution >= 0.6 is 11.6 Å². The van der Waals surface area contributed by atoms with E-state index in [1.54, 1.807) is 24.3 Å². The molecule has 0 atom stereocenters. The van der Waals surface area contributed by atoms with Gasteiger partial charge in [0.15, 0.2) is 17.5 Å². The molecule has 0 saturated heterocycles. The fraction of sp³-hybridized carbons (Fsp3) is 0.167. The van der Waals surface area contributed by atoms with Gasteiger partial charge in [0.25, 0.3) is 0 Å². The van der Waals surface area contributed by atoms with Gasteiger partial charge in [-0.25, -0.2) is 13.2 Å². The molecule has 1 N–H and O–H groups in total. The minimum atomic E-state index is -1.63. The van der Waals surface area contributed by atoms with Crippen molar-refractivity contribution in [3.63, 3.8) is 0 Å². The Labute approximate surface area is 157 Å². The molecular formula is C18H13ClF3N3O2. The summed E-state index contributed by atoms with van der Waals surface area (Å²) >= 11 is 5.82. The standard InChI is InChI=1S/C18H13ClF3N3O2/c19-11-6-4-10(5-7-11)18-24-15(27-25-18)3-1-2-14(26)23-13-9-8-12(20)16(21)17(13)22/h4-9H,1-3H2,(H,23,26). The van der Waals surface area contributed by atoms with E-state index in [0.29, 0.717) is 29.6 Å². The number of aryl methyl sites for hydroxylation is 1. The molecule has 0 saturated carbocycles. The van der Waals surface area contributed by atoms with Gasteiger partial charge >= 0.3 is 0 Å². The largest absolute Gasteiger partial charge is 0.339 e. The van der Waals surface area contributed by atoms with Crippen LogP contribution in [-0.2, 0) is 11.2 Å². The monoisotopic (exact) mass is 395 g/mol. The van der Waals surface area contributed by atoms with Crippen LogP contribution in [0.4, 0.5) is 18.9 Å². The number of hydrogen-bond donors (Lipinski definition) is 1. The van der Waals surface area contributed by atoms with Crippen molar-refractivity contribution in [1.82, 2.24) is 10.1 Å². The molecule has 1 heterocycles. The van der Waals surface area contributed by atoms with Gasteiger partial charge in [0.1, 0.15) is 0 Å². The number of aromatic nitrogens is 2. The summed E-state index contributed by atoms with van der Waals surface area (Å²) < 4.78 is 44.7. The number of rotatable bonds is 6. The zero-order valence-corrected chi connectivity index (χ0v) is 14.6. The van der Waals surface area contributed by atoms with E-state index in [2.05, 4.69) is 15.5 Å². The molecule has 1 aromatic heterocycles. The van der Waals surface area contributed by atoms with Gasteiger partial charge in [-0.05, 0) is 42.8 Å². The highest BCUT2D eigenvalue weighted by molar-refractivity contribution is 6.30. The average Bonchev–Trinajstić information content (AvgIpc) is 3.12. The Kier molecular flexibility index (Phi) is 5.75. The molecule has 9 heteroatoms. The third-order valence-electron chi connectivity index (χ3n) is 3.67. The summed E-state index contributed by atoms with van der Waals surface area (Å²) in [5, 5.41) is 6.64. The van der Waals surface area contributed by atoms with Crippen LogP contribution in [0.25, 0.3) is 11.4 Å². The summed E-state index contributed by atoms with van der Waals surface area (Å²) in [6.07, 6.45) is 0.685. The second-order valence-electron chi connectivity index (χ2n) is 5.64. The average molecular weight is 396 g/mol. The van der Waals surface area contributed by atoms with Crippen LogP contribution in [0.3, 0.4) is 0 Å². The second kappa shape index (κ2) is 8.22. The van der Waals surface area contributed by atoms with E-state index in [-0.39, 0.29) is 6.42 Å². The summed E-state index contributed by atoms with van der Waals surface area (Å²) in [7, 11) is 0. The van der Waals surface area contributed by atoms with Gasteiger partial charge in [0.05, 0.1) is 5.69 Å². The number of hydrogen-bond acceptors (Lipinski definition) is 4. The van der Waals surface area contributed by atoms with Gasteiger partial charge in [0.2, 0.25) is 17.6 Å². The minimum Gasteiger partial charge on any atom is -0.339 e. The topological polar surface area (TPSA) is 68.0 Å². The third kappa shape index (κ3) is 4.65. The van der Waals surface area contributed by atoms with Gasteiger partial charge in [-0.15, -0.1) is 0 Å². The maximum absolute atomic E-state index is 13.5. The number of nitrogens with one attached hydrogen (secondary N) is 1. The molecule has 0 aliphatic heterocycles. The highest BCUT2D eigenvalue weighted by Crippen LogP contribution is 2.21. The van der Waals surface area contributed by atoms with E-state index in [9.17, 15) is 18.0 Å². The molecule has 0 radical (unpaired) electrons. The van der Waals surface area contributed by atoms with Gasteiger partial charge in [-0.3, -0.25) is 4.79 Å². The molecule has 3 aromatic rings. The molecule has 3 rings (SSSR count). The lowest BCUT2D eigenvalue weighted by atomic mass is 10.2. The molecule has 0 spiro atoms. The van der Waals surface area contributed by atoms with Gasteiger partial charge < -0.3 is 9.84 Å². The third-order valence-corrected chi connectivity index (χ3v) is 3.93. The van der Waals surface area contributed by atoms with Gasteiger partial charge in [-0.2, -0.15) is 4.98 Å². The Morgan fingerprint density at radius 2 is 1.81 bits per heavy atom. The van der Waals surface area contributed by atoms with Crippen molar-refractivity contribution in [2.75, 3.05) is 5.32 Å². The zero-order valence-electron chi connectivity index (χ0n) is 13.8. The van der Waals surface area contributed by atoms with Crippen LogP contribution in [0.1, 0.15) is 18.7 Å². The first-order valence-electron chi connectivity index (χ1n) is 7.96. The minimum absolute atomic E-state index is 0.0110. The van der Waals surface area contributed by atoms with E-state index in [1.165, 1.54) is 0 Å². The van der Waals surface area contributed by atoms with E-state index < -0.39 is 29.0 Å². The lowest BCUT2D eigenvalue weighted by Crippen LogP contribution is -2.13. The number of carbonyl (C=O) groups is 1. The molecule has 0 bridgehead atoms. The van der Waals surface area contributed by atoms with E-state index in [0.717, 1.165) is 17.7 Å². The van der Waals surface area contributed by atoms with Crippen LogP contribution in [0.15, 0.2) is 40.9 Å². The van der Waals surface area contributed by atoms with Crippen LogP contribution in [0, 0.1) is 17.5 Å². The smallest absolute Gasteiger partial charge is 0.226 e. The van der Waals surface area contributed by atoms with Crippen molar-refractivity contribution in [1.29, 1.82) is 0 Å². The lowest BCUT2D eigenvalue weighted by Gasteiger charge is -2.06. The Morgan fingerprint density at radius 3 is 2.56 bits per heavy atom. The van der Waals surface area contributed by atoms with Crippen molar-refractivity contribution in [2.24, 2.45) is 0 Å². The van der Waals surface area contributed by atoms with Gasteiger partial charge in [-0.1, -0.05) is 16.8 Å². The predicted octanol–water partition coefficient (Wildman–Crippen LogP) is 4.77. The fourth-order valence-electron chi connectivity index (χ4n) is 2.31. The van der Waals surface area contributed by atoms with Crippen LogP contribution in [0.2, 0.25) is 5.02 Å². The van der Waals surface area contributed by atoms with Crippen molar-refractivity contribution in [2.45, 2.75) is 19.3 Å². The highest BCUT2D eigenvalue weighted by atomic mass is 35.5. The molecule has 1 amide bonds. The number of amides is 1.